The Kier molecular flexibility index (Phi) is 2.68. The number of carbonyl (C=O) groups is 1. The number of aromatic nitrogens is 1. The van der Waals surface area contributed by atoms with E-state index in [9.17, 15) is 4.79 Å². The number of aldehydes is 1. The van der Waals surface area contributed by atoms with Gasteiger partial charge in [0, 0.05) is 12.2 Å². The summed E-state index contributed by atoms with van der Waals surface area (Å²) in [6, 6.07) is 4.35. The van der Waals surface area contributed by atoms with Crippen molar-refractivity contribution in [1.29, 1.82) is 0 Å². The van der Waals surface area contributed by atoms with E-state index in [1.807, 2.05) is 18.3 Å². The van der Waals surface area contributed by atoms with Crippen molar-refractivity contribution in [3.63, 3.8) is 0 Å². The fraction of sp³-hybridized carbons (Fsp3) is 0.615. The zero-order chi connectivity index (χ0) is 10.9. The molecule has 1 aromatic rings. The van der Waals surface area contributed by atoms with E-state index in [1.54, 1.807) is 0 Å². The van der Waals surface area contributed by atoms with Crippen molar-refractivity contribution in [3.8, 4) is 0 Å². The molecule has 15 heavy (non-hydrogen) atoms. The number of carbonyl (C=O) groups excluding carboxylic acids is 1. The first-order chi connectivity index (χ1) is 7.15. The second-order valence-electron chi connectivity index (χ2n) is 5.21. The molecule has 0 radical (unpaired) electrons. The van der Waals surface area contributed by atoms with E-state index in [0.29, 0.717) is 11.5 Å². The van der Waals surface area contributed by atoms with E-state index in [4.69, 9.17) is 0 Å². The van der Waals surface area contributed by atoms with Crippen LogP contribution in [0.3, 0.4) is 0 Å². The lowest BCUT2D eigenvalue weighted by Gasteiger charge is -2.40. The van der Waals surface area contributed by atoms with Crippen LogP contribution in [0.5, 0.6) is 0 Å². The van der Waals surface area contributed by atoms with Crippen LogP contribution in [0.25, 0.3) is 0 Å². The first-order valence-corrected chi connectivity index (χ1v) is 5.77. The van der Waals surface area contributed by atoms with Crippen LogP contribution in [-0.2, 0) is 0 Å². The van der Waals surface area contributed by atoms with Gasteiger partial charge in [0.05, 0.1) is 5.69 Å². The van der Waals surface area contributed by atoms with Crippen molar-refractivity contribution in [2.24, 2.45) is 5.41 Å². The molecule has 1 aliphatic rings. The fourth-order valence-corrected chi connectivity index (χ4v) is 2.78. The third-order valence-electron chi connectivity index (χ3n) is 3.72. The summed E-state index contributed by atoms with van der Waals surface area (Å²) in [5.74, 6) is 0. The molecule has 0 aromatic carbocycles. The molecular weight excluding hydrogens is 186 g/mol. The maximum atomic E-state index is 10.9. The standard InChI is InChI=1S/C13H19NO/c1-13(2)8-4-3-7-12(13)14-9-5-6-11(14)10-15/h5-6,9-10,12H,3-4,7-8H2,1-2H3. The Bertz CT molecular complexity index is 351. The summed E-state index contributed by atoms with van der Waals surface area (Å²) in [5, 5.41) is 0. The highest BCUT2D eigenvalue weighted by atomic mass is 16.1. The van der Waals surface area contributed by atoms with Crippen molar-refractivity contribution in [1.82, 2.24) is 4.57 Å². The normalized spacial score (nSPS) is 25.1. The minimum absolute atomic E-state index is 0.315. The topological polar surface area (TPSA) is 22.0 Å². The maximum absolute atomic E-state index is 10.9. The van der Waals surface area contributed by atoms with Crippen molar-refractivity contribution in [3.05, 3.63) is 24.0 Å². The average molecular weight is 205 g/mol. The summed E-state index contributed by atoms with van der Waals surface area (Å²) in [7, 11) is 0. The van der Waals surface area contributed by atoms with E-state index in [-0.39, 0.29) is 0 Å². The molecule has 1 aliphatic carbocycles. The zero-order valence-corrected chi connectivity index (χ0v) is 9.57. The monoisotopic (exact) mass is 205 g/mol. The Morgan fingerprint density at radius 1 is 1.47 bits per heavy atom. The molecule has 2 heteroatoms. The Morgan fingerprint density at radius 3 is 2.93 bits per heavy atom. The van der Waals surface area contributed by atoms with E-state index in [2.05, 4.69) is 18.4 Å². The quantitative estimate of drug-likeness (QED) is 0.678. The van der Waals surface area contributed by atoms with Crippen LogP contribution in [-0.4, -0.2) is 10.9 Å². The molecule has 1 atom stereocenters. The van der Waals surface area contributed by atoms with Gasteiger partial charge in [-0.2, -0.15) is 0 Å². The molecule has 2 rings (SSSR count). The van der Waals surface area contributed by atoms with Crippen molar-refractivity contribution in [2.45, 2.75) is 45.6 Å². The molecule has 2 nitrogen and oxygen atoms in total. The molecule has 0 spiro atoms. The van der Waals surface area contributed by atoms with Crippen LogP contribution < -0.4 is 0 Å². The SMILES string of the molecule is CC1(C)CCCCC1n1cccc1C=O. The van der Waals surface area contributed by atoms with Crippen molar-refractivity contribution >= 4 is 6.29 Å². The van der Waals surface area contributed by atoms with E-state index >= 15 is 0 Å². The number of nitrogens with zero attached hydrogens (tertiary/aromatic N) is 1. The van der Waals surface area contributed by atoms with Crippen molar-refractivity contribution < 1.29 is 4.79 Å². The molecule has 1 heterocycles. The van der Waals surface area contributed by atoms with Crippen LogP contribution >= 0.6 is 0 Å². The number of hydrogen-bond donors (Lipinski definition) is 0. The lowest BCUT2D eigenvalue weighted by molar-refractivity contribution is 0.108. The molecule has 0 amide bonds. The van der Waals surface area contributed by atoms with Gasteiger partial charge in [0.15, 0.2) is 6.29 Å². The van der Waals surface area contributed by atoms with Gasteiger partial charge in [0.25, 0.3) is 0 Å². The summed E-state index contributed by atoms with van der Waals surface area (Å²) in [6.45, 7) is 4.62. The number of rotatable bonds is 2. The van der Waals surface area contributed by atoms with Crippen molar-refractivity contribution in [2.75, 3.05) is 0 Å². The minimum atomic E-state index is 0.315. The zero-order valence-electron chi connectivity index (χ0n) is 9.57. The molecule has 82 valence electrons. The van der Waals surface area contributed by atoms with Gasteiger partial charge in [-0.1, -0.05) is 26.7 Å². The fourth-order valence-electron chi connectivity index (χ4n) is 2.78. The van der Waals surface area contributed by atoms with Crippen LogP contribution in [0, 0.1) is 5.41 Å². The van der Waals surface area contributed by atoms with Gasteiger partial charge in [-0.15, -0.1) is 0 Å². The first kappa shape index (κ1) is 10.5. The molecular formula is C13H19NO. The van der Waals surface area contributed by atoms with Crippen LogP contribution in [0.1, 0.15) is 56.1 Å². The Morgan fingerprint density at radius 2 is 2.27 bits per heavy atom. The van der Waals surface area contributed by atoms with Gasteiger partial charge in [0.2, 0.25) is 0 Å². The summed E-state index contributed by atoms with van der Waals surface area (Å²) >= 11 is 0. The molecule has 0 saturated heterocycles. The predicted octanol–water partition coefficient (Wildman–Crippen LogP) is 3.44. The lowest BCUT2D eigenvalue weighted by Crippen LogP contribution is -2.31. The van der Waals surface area contributed by atoms with E-state index in [1.165, 1.54) is 25.7 Å². The third-order valence-corrected chi connectivity index (χ3v) is 3.72. The van der Waals surface area contributed by atoms with Crippen LogP contribution in [0.4, 0.5) is 0 Å². The molecule has 0 aliphatic heterocycles. The van der Waals surface area contributed by atoms with Gasteiger partial charge in [-0.05, 0) is 30.4 Å². The highest BCUT2D eigenvalue weighted by Crippen LogP contribution is 2.44. The molecule has 1 fully saturated rings. The van der Waals surface area contributed by atoms with Gasteiger partial charge < -0.3 is 4.57 Å². The lowest BCUT2D eigenvalue weighted by atomic mass is 9.73. The maximum Gasteiger partial charge on any atom is 0.166 e. The molecule has 0 N–H and O–H groups in total. The van der Waals surface area contributed by atoms with E-state index in [0.717, 1.165) is 12.0 Å². The van der Waals surface area contributed by atoms with Gasteiger partial charge >= 0.3 is 0 Å². The summed E-state index contributed by atoms with van der Waals surface area (Å²) < 4.78 is 2.16. The Balaban J connectivity index is 2.32. The summed E-state index contributed by atoms with van der Waals surface area (Å²) in [5.41, 5.74) is 1.13. The van der Waals surface area contributed by atoms with Gasteiger partial charge in [-0.3, -0.25) is 4.79 Å². The van der Waals surface area contributed by atoms with Gasteiger partial charge in [0.1, 0.15) is 0 Å². The number of hydrogen-bond acceptors (Lipinski definition) is 1. The third kappa shape index (κ3) is 1.85. The molecule has 1 aromatic heterocycles. The van der Waals surface area contributed by atoms with Crippen LogP contribution in [0.15, 0.2) is 18.3 Å². The van der Waals surface area contributed by atoms with E-state index < -0.39 is 0 Å². The summed E-state index contributed by atoms with van der Waals surface area (Å²) in [6.07, 6.45) is 8.06. The van der Waals surface area contributed by atoms with Gasteiger partial charge in [-0.25, -0.2) is 0 Å². The summed E-state index contributed by atoms with van der Waals surface area (Å²) in [4.78, 5) is 10.9. The Labute approximate surface area is 91.3 Å². The average Bonchev–Trinajstić information content (AvgIpc) is 2.64. The minimum Gasteiger partial charge on any atom is -0.342 e. The highest BCUT2D eigenvalue weighted by Gasteiger charge is 2.33. The molecule has 0 bridgehead atoms. The Hall–Kier alpha value is -1.05. The highest BCUT2D eigenvalue weighted by molar-refractivity contribution is 5.72. The smallest absolute Gasteiger partial charge is 0.166 e. The van der Waals surface area contributed by atoms with Crippen LogP contribution in [0.2, 0.25) is 0 Å². The second kappa shape index (κ2) is 3.84. The molecule has 1 unspecified atom stereocenters. The largest absolute Gasteiger partial charge is 0.342 e. The first-order valence-electron chi connectivity index (χ1n) is 5.77. The molecule has 1 saturated carbocycles. The second-order valence-corrected chi connectivity index (χ2v) is 5.21. The predicted molar refractivity (Wildman–Crippen MR) is 61.1 cm³/mol.